The van der Waals surface area contributed by atoms with E-state index in [1.54, 1.807) is 17.9 Å². The summed E-state index contributed by atoms with van der Waals surface area (Å²) in [6.07, 6.45) is 0.547. The number of halogens is 1. The van der Waals surface area contributed by atoms with Gasteiger partial charge in [0.15, 0.2) is 0 Å². The zero-order valence-electron chi connectivity index (χ0n) is 20.4. The predicted octanol–water partition coefficient (Wildman–Crippen LogP) is 5.82. The van der Waals surface area contributed by atoms with Crippen molar-refractivity contribution in [1.82, 2.24) is 4.90 Å². The van der Waals surface area contributed by atoms with E-state index in [4.69, 9.17) is 0 Å². The fourth-order valence-electron chi connectivity index (χ4n) is 4.16. The van der Waals surface area contributed by atoms with Gasteiger partial charge in [-0.25, -0.2) is 17.6 Å². The Labute approximate surface area is 206 Å². The number of hydrogen-bond donors (Lipinski definition) is 2. The van der Waals surface area contributed by atoms with E-state index in [2.05, 4.69) is 30.8 Å². The Morgan fingerprint density at radius 1 is 0.943 bits per heavy atom. The molecule has 0 bridgehead atoms. The van der Waals surface area contributed by atoms with E-state index in [0.29, 0.717) is 30.8 Å². The number of fused-ring (bicyclic) bond motifs is 1. The summed E-state index contributed by atoms with van der Waals surface area (Å²) in [6, 6.07) is 16.3. The topological polar surface area (TPSA) is 78.5 Å². The number of nitrogens with one attached hydrogen (secondary N) is 2. The molecule has 35 heavy (non-hydrogen) atoms. The van der Waals surface area contributed by atoms with E-state index in [1.807, 2.05) is 30.3 Å². The Balaban J connectivity index is 1.47. The standard InChI is InChI=1S/C27H30FN3O3S/c1-18-15-20-17-31(26(32)29-23-9-5-21(6-10-23)27(2,3)4)14-13-19(20)16-25(18)35(33,34)30-24-11-7-22(28)8-12-24/h5-12,15-16,30H,13-14,17H2,1-4H3,(H,29,32). The number of amides is 2. The number of hydrogen-bond acceptors (Lipinski definition) is 3. The highest BCUT2D eigenvalue weighted by atomic mass is 32.2. The molecule has 2 N–H and O–H groups in total. The van der Waals surface area contributed by atoms with Crippen molar-refractivity contribution in [3.63, 3.8) is 0 Å². The van der Waals surface area contributed by atoms with E-state index < -0.39 is 15.8 Å². The molecule has 0 fully saturated rings. The lowest BCUT2D eigenvalue weighted by atomic mass is 9.87. The van der Waals surface area contributed by atoms with Gasteiger partial charge in [-0.3, -0.25) is 4.72 Å². The number of anilines is 2. The van der Waals surface area contributed by atoms with Crippen LogP contribution in [0.1, 0.15) is 43.0 Å². The summed E-state index contributed by atoms with van der Waals surface area (Å²) in [5.74, 6) is -0.437. The minimum Gasteiger partial charge on any atom is -0.320 e. The van der Waals surface area contributed by atoms with Crippen LogP contribution in [0.3, 0.4) is 0 Å². The molecule has 2 amide bonds. The number of carbonyl (C=O) groups excluding carboxylic acids is 1. The molecular weight excluding hydrogens is 465 g/mol. The SMILES string of the molecule is Cc1cc2c(cc1S(=O)(=O)Nc1ccc(F)cc1)CCN(C(=O)Nc1ccc(C(C)(C)C)cc1)C2. The highest BCUT2D eigenvalue weighted by Gasteiger charge is 2.25. The Morgan fingerprint density at radius 3 is 2.20 bits per heavy atom. The Morgan fingerprint density at radius 2 is 1.57 bits per heavy atom. The number of rotatable bonds is 4. The first kappa shape index (κ1) is 24.7. The average Bonchev–Trinajstić information content (AvgIpc) is 2.79. The summed E-state index contributed by atoms with van der Waals surface area (Å²) in [5.41, 5.74) is 4.66. The van der Waals surface area contributed by atoms with Crippen molar-refractivity contribution in [1.29, 1.82) is 0 Å². The van der Waals surface area contributed by atoms with Crippen LogP contribution in [0.15, 0.2) is 65.6 Å². The van der Waals surface area contributed by atoms with Crippen LogP contribution < -0.4 is 10.0 Å². The third-order valence-electron chi connectivity index (χ3n) is 6.18. The fourth-order valence-corrected chi connectivity index (χ4v) is 5.49. The monoisotopic (exact) mass is 495 g/mol. The molecule has 4 rings (SSSR count). The van der Waals surface area contributed by atoms with Gasteiger partial charge >= 0.3 is 6.03 Å². The van der Waals surface area contributed by atoms with Crippen molar-refractivity contribution in [2.24, 2.45) is 0 Å². The summed E-state index contributed by atoms with van der Waals surface area (Å²) < 4.78 is 41.6. The van der Waals surface area contributed by atoms with Crippen LogP contribution in [0.4, 0.5) is 20.6 Å². The van der Waals surface area contributed by atoms with Crippen molar-refractivity contribution in [3.05, 3.63) is 88.7 Å². The summed E-state index contributed by atoms with van der Waals surface area (Å²) in [5, 5.41) is 2.96. The molecule has 1 aliphatic rings. The van der Waals surface area contributed by atoms with E-state index >= 15 is 0 Å². The Bertz CT molecular complexity index is 1350. The molecule has 0 saturated heterocycles. The normalized spacial score (nSPS) is 13.8. The molecule has 0 spiro atoms. The second-order valence-electron chi connectivity index (χ2n) is 9.93. The van der Waals surface area contributed by atoms with Gasteiger partial charge in [0.25, 0.3) is 10.0 Å². The number of nitrogens with zero attached hydrogens (tertiary/aromatic N) is 1. The number of sulfonamides is 1. The van der Waals surface area contributed by atoms with Gasteiger partial charge in [-0.05, 0) is 83.5 Å². The zero-order chi connectivity index (χ0) is 25.4. The van der Waals surface area contributed by atoms with Crippen LogP contribution in [0, 0.1) is 12.7 Å². The number of benzene rings is 3. The molecule has 3 aromatic carbocycles. The molecule has 1 heterocycles. The minimum absolute atomic E-state index is 0.0395. The molecule has 0 radical (unpaired) electrons. The summed E-state index contributed by atoms with van der Waals surface area (Å²) in [7, 11) is -3.84. The van der Waals surface area contributed by atoms with Crippen LogP contribution in [-0.4, -0.2) is 25.9 Å². The second-order valence-corrected chi connectivity index (χ2v) is 11.6. The van der Waals surface area contributed by atoms with Crippen LogP contribution in [0.5, 0.6) is 0 Å². The lowest BCUT2D eigenvalue weighted by molar-refractivity contribution is 0.206. The second kappa shape index (κ2) is 9.34. The largest absolute Gasteiger partial charge is 0.322 e. The number of aryl methyl sites for hydroxylation is 1. The lowest BCUT2D eigenvalue weighted by Gasteiger charge is -2.30. The first-order chi connectivity index (χ1) is 16.4. The molecule has 3 aromatic rings. The van der Waals surface area contributed by atoms with Crippen LogP contribution in [0.25, 0.3) is 0 Å². The molecular formula is C27H30FN3O3S. The number of carbonyl (C=O) groups is 1. The first-order valence-corrected chi connectivity index (χ1v) is 13.0. The average molecular weight is 496 g/mol. The van der Waals surface area contributed by atoms with Crippen LogP contribution in [-0.2, 0) is 28.4 Å². The van der Waals surface area contributed by atoms with Crippen LogP contribution >= 0.6 is 0 Å². The van der Waals surface area contributed by atoms with Crippen molar-refractivity contribution in [3.8, 4) is 0 Å². The van der Waals surface area contributed by atoms with Gasteiger partial charge in [0.1, 0.15) is 5.82 Å². The molecule has 0 atom stereocenters. The van der Waals surface area contributed by atoms with E-state index in [-0.39, 0.29) is 16.3 Å². The van der Waals surface area contributed by atoms with Gasteiger partial charge in [-0.15, -0.1) is 0 Å². The van der Waals surface area contributed by atoms with E-state index in [0.717, 1.165) is 16.8 Å². The van der Waals surface area contributed by atoms with Crippen molar-refractivity contribution >= 4 is 27.4 Å². The van der Waals surface area contributed by atoms with Gasteiger partial charge in [-0.2, -0.15) is 0 Å². The lowest BCUT2D eigenvalue weighted by Crippen LogP contribution is -2.39. The molecule has 1 aliphatic heterocycles. The summed E-state index contributed by atoms with van der Waals surface area (Å²) >= 11 is 0. The van der Waals surface area contributed by atoms with Crippen LogP contribution in [0.2, 0.25) is 0 Å². The van der Waals surface area contributed by atoms with Crippen molar-refractivity contribution in [2.75, 3.05) is 16.6 Å². The van der Waals surface area contributed by atoms with E-state index in [1.165, 1.54) is 29.8 Å². The van der Waals surface area contributed by atoms with E-state index in [9.17, 15) is 17.6 Å². The van der Waals surface area contributed by atoms with Gasteiger partial charge in [-0.1, -0.05) is 39.0 Å². The van der Waals surface area contributed by atoms with Gasteiger partial charge < -0.3 is 10.2 Å². The van der Waals surface area contributed by atoms with Crippen molar-refractivity contribution < 1.29 is 17.6 Å². The summed E-state index contributed by atoms with van der Waals surface area (Å²) in [4.78, 5) is 14.8. The molecule has 0 unspecified atom stereocenters. The first-order valence-electron chi connectivity index (χ1n) is 11.5. The Hall–Kier alpha value is -3.39. The van der Waals surface area contributed by atoms with Gasteiger partial charge in [0, 0.05) is 24.5 Å². The maximum Gasteiger partial charge on any atom is 0.322 e. The minimum atomic E-state index is -3.84. The maximum atomic E-state index is 13.2. The quantitative estimate of drug-likeness (QED) is 0.479. The van der Waals surface area contributed by atoms with Crippen molar-refractivity contribution in [2.45, 2.75) is 51.0 Å². The predicted molar refractivity (Wildman–Crippen MR) is 137 cm³/mol. The molecule has 184 valence electrons. The molecule has 8 heteroatoms. The maximum absolute atomic E-state index is 13.2. The highest BCUT2D eigenvalue weighted by molar-refractivity contribution is 7.92. The smallest absolute Gasteiger partial charge is 0.320 e. The molecule has 0 aromatic heterocycles. The third kappa shape index (κ3) is 5.65. The summed E-state index contributed by atoms with van der Waals surface area (Å²) in [6.45, 7) is 9.03. The fraction of sp³-hybridized carbons (Fsp3) is 0.296. The highest BCUT2D eigenvalue weighted by Crippen LogP contribution is 2.28. The Kier molecular flexibility index (Phi) is 6.60. The third-order valence-corrected chi connectivity index (χ3v) is 7.71. The molecule has 0 saturated carbocycles. The van der Waals surface area contributed by atoms with Gasteiger partial charge in [0.2, 0.25) is 0 Å². The number of urea groups is 1. The van der Waals surface area contributed by atoms with Gasteiger partial charge in [0.05, 0.1) is 4.90 Å². The molecule has 6 nitrogen and oxygen atoms in total. The zero-order valence-corrected chi connectivity index (χ0v) is 21.2. The molecule has 0 aliphatic carbocycles.